The predicted octanol–water partition coefficient (Wildman–Crippen LogP) is 4.00. The highest BCUT2D eigenvalue weighted by molar-refractivity contribution is 9.11. The van der Waals surface area contributed by atoms with Crippen LogP contribution in [0.25, 0.3) is 11.0 Å². The van der Waals surface area contributed by atoms with Crippen molar-refractivity contribution in [3.63, 3.8) is 0 Å². The van der Waals surface area contributed by atoms with Crippen LogP contribution >= 0.6 is 31.9 Å². The average molecular weight is 386 g/mol. The highest BCUT2D eigenvalue weighted by Crippen LogP contribution is 2.37. The van der Waals surface area contributed by atoms with Gasteiger partial charge in [0.15, 0.2) is 0 Å². The fourth-order valence-corrected chi connectivity index (χ4v) is 3.51. The monoisotopic (exact) mass is 384 g/mol. The quantitative estimate of drug-likeness (QED) is 0.655. The molecule has 0 saturated heterocycles. The fourth-order valence-electron chi connectivity index (χ4n) is 2.01. The third-order valence-corrected chi connectivity index (χ3v) is 4.55. The molecular formula is C13H10Br2N2O2. The van der Waals surface area contributed by atoms with E-state index in [-0.39, 0.29) is 10.5 Å². The Labute approximate surface area is 125 Å². The number of imidazole rings is 1. The number of aromatic nitrogens is 2. The summed E-state index contributed by atoms with van der Waals surface area (Å²) in [5.74, 6) is 1.70. The van der Waals surface area contributed by atoms with Crippen LogP contribution in [0.3, 0.4) is 0 Å². The van der Waals surface area contributed by atoms with Crippen molar-refractivity contribution in [1.29, 1.82) is 0 Å². The lowest BCUT2D eigenvalue weighted by Crippen LogP contribution is -1.99. The minimum Gasteiger partial charge on any atom is -0.465 e. The van der Waals surface area contributed by atoms with Gasteiger partial charge in [-0.2, -0.15) is 0 Å². The molecule has 2 heterocycles. The third kappa shape index (κ3) is 2.30. The number of hydrogen-bond donors (Lipinski definition) is 2. The Morgan fingerprint density at radius 1 is 1.21 bits per heavy atom. The molecule has 0 saturated carbocycles. The van der Waals surface area contributed by atoms with Gasteiger partial charge in [0.05, 0.1) is 15.9 Å². The van der Waals surface area contributed by atoms with Gasteiger partial charge in [-0.15, -0.1) is 0 Å². The minimum atomic E-state index is -0.209. The molecule has 0 aliphatic heterocycles. The van der Waals surface area contributed by atoms with Gasteiger partial charge in [0.1, 0.15) is 11.5 Å². The van der Waals surface area contributed by atoms with Crippen molar-refractivity contribution in [2.75, 3.05) is 0 Å². The van der Waals surface area contributed by atoms with E-state index in [4.69, 9.17) is 4.42 Å². The molecule has 19 heavy (non-hydrogen) atoms. The number of aryl methyl sites for hydroxylation is 1. The Hall–Kier alpha value is -1.27. The topological polar surface area (TPSA) is 61.8 Å². The first-order valence-corrected chi connectivity index (χ1v) is 7.37. The first-order chi connectivity index (χ1) is 9.04. The van der Waals surface area contributed by atoms with Crippen molar-refractivity contribution in [2.45, 2.75) is 11.8 Å². The number of fused-ring (bicyclic) bond motifs is 1. The van der Waals surface area contributed by atoms with Gasteiger partial charge >= 0.3 is 5.69 Å². The van der Waals surface area contributed by atoms with Crippen molar-refractivity contribution < 1.29 is 4.42 Å². The van der Waals surface area contributed by atoms with E-state index in [0.29, 0.717) is 0 Å². The Morgan fingerprint density at radius 3 is 2.53 bits per heavy atom. The number of alkyl halides is 1. The lowest BCUT2D eigenvalue weighted by atomic mass is 10.1. The Morgan fingerprint density at radius 2 is 1.89 bits per heavy atom. The van der Waals surface area contributed by atoms with Crippen LogP contribution in [-0.2, 0) is 0 Å². The number of rotatable bonds is 2. The summed E-state index contributed by atoms with van der Waals surface area (Å²) in [6, 6.07) is 7.67. The van der Waals surface area contributed by atoms with Crippen molar-refractivity contribution >= 4 is 42.9 Å². The number of furan rings is 1. The molecule has 98 valence electrons. The molecule has 1 atom stereocenters. The van der Waals surface area contributed by atoms with Crippen molar-refractivity contribution in [1.82, 2.24) is 9.97 Å². The molecule has 2 N–H and O–H groups in total. The normalized spacial score (nSPS) is 13.0. The highest BCUT2D eigenvalue weighted by Gasteiger charge is 2.18. The maximum absolute atomic E-state index is 11.3. The maximum atomic E-state index is 11.3. The summed E-state index contributed by atoms with van der Waals surface area (Å²) in [5.41, 5.74) is 2.34. The van der Waals surface area contributed by atoms with E-state index in [1.54, 1.807) is 0 Å². The van der Waals surface area contributed by atoms with E-state index < -0.39 is 0 Å². The molecule has 6 heteroatoms. The summed E-state index contributed by atoms with van der Waals surface area (Å²) >= 11 is 7.15. The summed E-state index contributed by atoms with van der Waals surface area (Å²) in [7, 11) is 0. The first-order valence-electron chi connectivity index (χ1n) is 5.66. The van der Waals surface area contributed by atoms with Crippen molar-refractivity contribution in [2.24, 2.45) is 0 Å². The number of H-pyrrole nitrogens is 2. The Bertz CT molecular complexity index is 800. The maximum Gasteiger partial charge on any atom is 0.323 e. The molecule has 0 spiro atoms. The second-order valence-corrected chi connectivity index (χ2v) is 6.08. The second-order valence-electron chi connectivity index (χ2n) is 4.31. The van der Waals surface area contributed by atoms with E-state index in [9.17, 15) is 4.79 Å². The SMILES string of the molecule is Cc1ccc(C(Br)c2cc3[nH]c(=O)[nH]c3cc2Br)o1. The average Bonchev–Trinajstić information content (AvgIpc) is 2.92. The van der Waals surface area contributed by atoms with Crippen molar-refractivity contribution in [3.8, 4) is 0 Å². The smallest absolute Gasteiger partial charge is 0.323 e. The van der Waals surface area contributed by atoms with Gasteiger partial charge in [0.25, 0.3) is 0 Å². The molecule has 1 unspecified atom stereocenters. The summed E-state index contributed by atoms with van der Waals surface area (Å²) < 4.78 is 6.53. The third-order valence-electron chi connectivity index (χ3n) is 2.92. The molecule has 1 aromatic carbocycles. The van der Waals surface area contributed by atoms with E-state index in [0.717, 1.165) is 32.6 Å². The van der Waals surface area contributed by atoms with Crippen molar-refractivity contribution in [3.05, 3.63) is 56.3 Å². The van der Waals surface area contributed by atoms with E-state index in [1.165, 1.54) is 0 Å². The molecule has 3 rings (SSSR count). The molecule has 0 radical (unpaired) electrons. The molecular weight excluding hydrogens is 376 g/mol. The number of aromatic amines is 2. The molecule has 4 nitrogen and oxygen atoms in total. The van der Waals surface area contributed by atoms with Gasteiger partial charge in [-0.05, 0) is 36.8 Å². The standard InChI is InChI=1S/C13H10Br2N2O2/c1-6-2-3-11(19-6)12(15)7-4-9-10(5-8(7)14)17-13(18)16-9/h2-5,12H,1H3,(H2,16,17,18). The van der Waals surface area contributed by atoms with E-state index in [2.05, 4.69) is 41.8 Å². The summed E-state index contributed by atoms with van der Waals surface area (Å²) in [5, 5.41) is 0. The van der Waals surface area contributed by atoms with Gasteiger partial charge in [0.2, 0.25) is 0 Å². The minimum absolute atomic E-state index is 0.0709. The summed E-state index contributed by atoms with van der Waals surface area (Å²) in [4.78, 5) is 16.7. The largest absolute Gasteiger partial charge is 0.465 e. The molecule has 0 amide bonds. The van der Waals surface area contributed by atoms with Gasteiger partial charge in [-0.25, -0.2) is 4.79 Å². The molecule has 2 aromatic heterocycles. The number of nitrogens with one attached hydrogen (secondary N) is 2. The van der Waals surface area contributed by atoms with Crippen LogP contribution in [0, 0.1) is 6.92 Å². The van der Waals surface area contributed by atoms with Crippen LogP contribution in [0.4, 0.5) is 0 Å². The number of hydrogen-bond acceptors (Lipinski definition) is 2. The summed E-state index contributed by atoms with van der Waals surface area (Å²) in [6.45, 7) is 1.91. The fraction of sp³-hybridized carbons (Fsp3) is 0.154. The van der Waals surface area contributed by atoms with Crippen LogP contribution in [0.1, 0.15) is 21.9 Å². The Kier molecular flexibility index (Phi) is 3.14. The van der Waals surface area contributed by atoms with Crippen LogP contribution in [0.2, 0.25) is 0 Å². The van der Waals surface area contributed by atoms with Crippen LogP contribution in [0.5, 0.6) is 0 Å². The lowest BCUT2D eigenvalue weighted by Gasteiger charge is -2.10. The van der Waals surface area contributed by atoms with Crippen LogP contribution in [0.15, 0.2) is 37.9 Å². The highest BCUT2D eigenvalue weighted by atomic mass is 79.9. The molecule has 0 bridgehead atoms. The zero-order chi connectivity index (χ0) is 13.6. The van der Waals surface area contributed by atoms with E-state index >= 15 is 0 Å². The lowest BCUT2D eigenvalue weighted by molar-refractivity contribution is 0.492. The second kappa shape index (κ2) is 4.68. The van der Waals surface area contributed by atoms with Gasteiger partial charge in [0, 0.05) is 4.47 Å². The van der Waals surface area contributed by atoms with Gasteiger partial charge in [-0.3, -0.25) is 0 Å². The van der Waals surface area contributed by atoms with E-state index in [1.807, 2.05) is 31.2 Å². The molecule has 0 aliphatic rings. The van der Waals surface area contributed by atoms with Gasteiger partial charge in [-0.1, -0.05) is 31.9 Å². The zero-order valence-corrected chi connectivity index (χ0v) is 13.1. The van der Waals surface area contributed by atoms with Crippen LogP contribution < -0.4 is 5.69 Å². The molecule has 3 aromatic rings. The molecule has 0 fully saturated rings. The molecule has 0 aliphatic carbocycles. The number of halogens is 2. The van der Waals surface area contributed by atoms with Crippen LogP contribution in [-0.4, -0.2) is 9.97 Å². The predicted molar refractivity (Wildman–Crippen MR) is 80.8 cm³/mol. The zero-order valence-electron chi connectivity index (χ0n) is 9.96. The summed E-state index contributed by atoms with van der Waals surface area (Å²) in [6.07, 6.45) is 0. The Balaban J connectivity index is 2.13. The first kappa shape index (κ1) is 12.7. The number of benzene rings is 1. The van der Waals surface area contributed by atoms with Gasteiger partial charge < -0.3 is 14.4 Å².